The highest BCUT2D eigenvalue weighted by atomic mass is 19.4. The van der Waals surface area contributed by atoms with E-state index in [-0.39, 0.29) is 34.0 Å². The molecule has 0 amide bonds. The zero-order valence-corrected chi connectivity index (χ0v) is 20.8. The van der Waals surface area contributed by atoms with E-state index in [1.54, 1.807) is 12.3 Å². The summed E-state index contributed by atoms with van der Waals surface area (Å²) in [6, 6.07) is 8.98. The molecule has 0 spiro atoms. The van der Waals surface area contributed by atoms with Crippen molar-refractivity contribution in [2.75, 3.05) is 23.3 Å². The number of benzene rings is 1. The van der Waals surface area contributed by atoms with E-state index in [0.717, 1.165) is 23.9 Å². The molecule has 5 rings (SSSR count). The molecule has 3 aromatic heterocycles. The van der Waals surface area contributed by atoms with E-state index in [1.165, 1.54) is 18.3 Å². The van der Waals surface area contributed by atoms with Crippen molar-refractivity contribution in [3.63, 3.8) is 0 Å². The van der Waals surface area contributed by atoms with Gasteiger partial charge in [0.05, 0.1) is 40.3 Å². The molecule has 0 radical (unpaired) electrons. The number of nitrogens with one attached hydrogen (secondary N) is 2. The fraction of sp³-hybridized carbons (Fsp3) is 0.296. The van der Waals surface area contributed by atoms with Crippen LogP contribution >= 0.6 is 0 Å². The second-order valence-corrected chi connectivity index (χ2v) is 9.63. The summed E-state index contributed by atoms with van der Waals surface area (Å²) in [6.07, 6.45) is -0.987. The fourth-order valence-corrected chi connectivity index (χ4v) is 4.53. The maximum absolute atomic E-state index is 14.9. The van der Waals surface area contributed by atoms with Gasteiger partial charge in [-0.2, -0.15) is 13.2 Å². The predicted octanol–water partition coefficient (Wildman–Crippen LogP) is 4.60. The number of aromatic nitrogens is 3. The minimum atomic E-state index is -5.00. The van der Waals surface area contributed by atoms with Crippen LogP contribution in [0.1, 0.15) is 25.3 Å². The van der Waals surface area contributed by atoms with Crippen LogP contribution in [0.15, 0.2) is 59.7 Å². The zero-order chi connectivity index (χ0) is 27.9. The topological polar surface area (TPSA) is 114 Å². The highest BCUT2D eigenvalue weighted by molar-refractivity contribution is 5.94. The van der Waals surface area contributed by atoms with Crippen LogP contribution in [0, 0.1) is 5.82 Å². The lowest BCUT2D eigenvalue weighted by molar-refractivity contribution is -0.258. The molecule has 12 heteroatoms. The number of nitrogens with zero attached hydrogens (tertiary/aromatic N) is 3. The molecule has 0 saturated carbocycles. The Kier molecular flexibility index (Phi) is 6.77. The van der Waals surface area contributed by atoms with E-state index in [0.29, 0.717) is 38.7 Å². The first-order valence-corrected chi connectivity index (χ1v) is 12.2. The average Bonchev–Trinajstić information content (AvgIpc) is 2.89. The molecular formula is C27H25F4N5O3. The maximum Gasteiger partial charge on any atom is 0.421 e. The first-order valence-electron chi connectivity index (χ1n) is 12.2. The minimum Gasteiger partial charge on any atom is -0.393 e. The van der Waals surface area contributed by atoms with E-state index < -0.39 is 28.7 Å². The molecule has 1 aliphatic heterocycles. The molecule has 4 N–H and O–H groups in total. The standard InChI is InChI=1S/C27H25F4N5O3/c1-26(39,27(29,30)31)15-2-4-19(28)18(12-15)21-13-22(24-20(34-21)6-9-32-25(24)38)35-23-5-3-16(14-33-23)36-10-7-17(37)8-11-36/h2-6,9,12-14,17,37,39H,7-8,10-11H2,1H3,(H,32,38)(H,33,34,35)/t26-/m0/s1. The number of aliphatic hydroxyl groups is 2. The molecule has 1 aliphatic rings. The number of hydrogen-bond acceptors (Lipinski definition) is 7. The number of pyridine rings is 3. The highest BCUT2D eigenvalue weighted by Crippen LogP contribution is 2.40. The second-order valence-electron chi connectivity index (χ2n) is 9.63. The van der Waals surface area contributed by atoms with Crippen LogP contribution in [0.3, 0.4) is 0 Å². The molecule has 0 aliphatic carbocycles. The molecule has 1 saturated heterocycles. The van der Waals surface area contributed by atoms with Crippen molar-refractivity contribution in [1.29, 1.82) is 0 Å². The summed E-state index contributed by atoms with van der Waals surface area (Å²) in [7, 11) is 0. The number of H-pyrrole nitrogens is 1. The van der Waals surface area contributed by atoms with Crippen molar-refractivity contribution in [2.45, 2.75) is 37.6 Å². The largest absolute Gasteiger partial charge is 0.421 e. The summed E-state index contributed by atoms with van der Waals surface area (Å²) in [5.41, 5.74) is -3.33. The minimum absolute atomic E-state index is 0.0450. The van der Waals surface area contributed by atoms with Crippen molar-refractivity contribution in [2.24, 2.45) is 0 Å². The summed E-state index contributed by atoms with van der Waals surface area (Å²) in [5.74, 6) is -0.486. The van der Waals surface area contributed by atoms with Crippen molar-refractivity contribution in [3.8, 4) is 11.3 Å². The van der Waals surface area contributed by atoms with Gasteiger partial charge in [0.2, 0.25) is 0 Å². The van der Waals surface area contributed by atoms with Crippen LogP contribution in [0.4, 0.5) is 34.8 Å². The van der Waals surface area contributed by atoms with Gasteiger partial charge in [-0.25, -0.2) is 14.4 Å². The SMILES string of the molecule is C[C@](O)(c1ccc(F)c(-c2cc(Nc3ccc(N4CCC(O)CC4)cn3)c3c(=O)[nH]ccc3n2)c1)C(F)(F)F. The Labute approximate surface area is 220 Å². The monoisotopic (exact) mass is 543 g/mol. The van der Waals surface area contributed by atoms with E-state index in [1.807, 2.05) is 6.07 Å². The Morgan fingerprint density at radius 2 is 1.85 bits per heavy atom. The molecule has 39 heavy (non-hydrogen) atoms. The van der Waals surface area contributed by atoms with Gasteiger partial charge in [0.25, 0.3) is 5.56 Å². The number of piperidine rings is 1. The number of aromatic amines is 1. The first-order chi connectivity index (χ1) is 18.4. The molecule has 8 nitrogen and oxygen atoms in total. The van der Waals surface area contributed by atoms with Crippen LogP contribution in [0.25, 0.3) is 22.2 Å². The van der Waals surface area contributed by atoms with Crippen molar-refractivity contribution < 1.29 is 27.8 Å². The molecule has 0 unspecified atom stereocenters. The lowest BCUT2D eigenvalue weighted by Gasteiger charge is -2.31. The predicted molar refractivity (Wildman–Crippen MR) is 138 cm³/mol. The van der Waals surface area contributed by atoms with Gasteiger partial charge >= 0.3 is 6.18 Å². The van der Waals surface area contributed by atoms with Crippen LogP contribution < -0.4 is 15.8 Å². The Morgan fingerprint density at radius 3 is 2.51 bits per heavy atom. The van der Waals surface area contributed by atoms with Crippen LogP contribution in [0.2, 0.25) is 0 Å². The third-order valence-corrected chi connectivity index (χ3v) is 6.93. The molecule has 4 aromatic rings. The summed E-state index contributed by atoms with van der Waals surface area (Å²) < 4.78 is 55.2. The second kappa shape index (κ2) is 9.93. The summed E-state index contributed by atoms with van der Waals surface area (Å²) in [5, 5.41) is 23.0. The summed E-state index contributed by atoms with van der Waals surface area (Å²) >= 11 is 0. The van der Waals surface area contributed by atoms with E-state index in [9.17, 15) is 32.6 Å². The van der Waals surface area contributed by atoms with Gasteiger partial charge in [-0.15, -0.1) is 0 Å². The summed E-state index contributed by atoms with van der Waals surface area (Å²) in [6.45, 7) is 1.97. The van der Waals surface area contributed by atoms with E-state index in [4.69, 9.17) is 0 Å². The van der Waals surface area contributed by atoms with Gasteiger partial charge in [-0.3, -0.25) is 4.79 Å². The first kappa shape index (κ1) is 26.6. The number of anilines is 3. The third kappa shape index (κ3) is 5.17. The van der Waals surface area contributed by atoms with Crippen molar-refractivity contribution in [3.05, 3.63) is 76.6 Å². The lowest BCUT2D eigenvalue weighted by atomic mass is 9.92. The Hall–Kier alpha value is -4.03. The van der Waals surface area contributed by atoms with E-state index in [2.05, 4.69) is 25.2 Å². The number of halogens is 4. The number of aliphatic hydroxyl groups excluding tert-OH is 1. The quantitative estimate of drug-likeness (QED) is 0.272. The fourth-order valence-electron chi connectivity index (χ4n) is 4.53. The summed E-state index contributed by atoms with van der Waals surface area (Å²) in [4.78, 5) is 26.1. The third-order valence-electron chi connectivity index (χ3n) is 6.93. The van der Waals surface area contributed by atoms with Crippen LogP contribution in [-0.2, 0) is 5.60 Å². The molecule has 4 heterocycles. The average molecular weight is 544 g/mol. The Bertz CT molecular complexity index is 1560. The van der Waals surface area contributed by atoms with Gasteiger partial charge in [-0.05, 0) is 61.7 Å². The number of alkyl halides is 3. The van der Waals surface area contributed by atoms with E-state index >= 15 is 0 Å². The van der Waals surface area contributed by atoms with Gasteiger partial charge in [0, 0.05) is 24.8 Å². The molecule has 1 atom stereocenters. The number of rotatable bonds is 5. The zero-order valence-electron chi connectivity index (χ0n) is 20.8. The van der Waals surface area contributed by atoms with Gasteiger partial charge in [0.1, 0.15) is 11.6 Å². The normalized spacial score (nSPS) is 16.3. The number of hydrogen-bond donors (Lipinski definition) is 4. The van der Waals surface area contributed by atoms with Gasteiger partial charge in [0.15, 0.2) is 5.60 Å². The van der Waals surface area contributed by atoms with Crippen molar-refractivity contribution in [1.82, 2.24) is 15.0 Å². The lowest BCUT2D eigenvalue weighted by Crippen LogP contribution is -2.39. The Balaban J connectivity index is 1.54. The van der Waals surface area contributed by atoms with Gasteiger partial charge in [-0.1, -0.05) is 6.07 Å². The van der Waals surface area contributed by atoms with Crippen LogP contribution in [-0.4, -0.2) is 50.5 Å². The Morgan fingerprint density at radius 1 is 1.10 bits per heavy atom. The number of fused-ring (bicyclic) bond motifs is 1. The molecule has 0 bridgehead atoms. The van der Waals surface area contributed by atoms with Crippen LogP contribution in [0.5, 0.6) is 0 Å². The highest BCUT2D eigenvalue weighted by Gasteiger charge is 2.51. The molecular weight excluding hydrogens is 518 g/mol. The van der Waals surface area contributed by atoms with Gasteiger partial charge < -0.3 is 25.4 Å². The molecule has 1 fully saturated rings. The van der Waals surface area contributed by atoms with Crippen molar-refractivity contribution >= 4 is 28.1 Å². The smallest absolute Gasteiger partial charge is 0.393 e. The maximum atomic E-state index is 14.9. The molecule has 204 valence electrons. The molecule has 1 aromatic carbocycles.